The number of carbonyl (C=O) groups is 1. The standard InChI is InChI=1S/C14H16N2O/c1-4-16-14(9-13(15-16)11(3)17)12-7-5-10(2)6-8-12/h5-9H,4H2,1-3H3. The highest BCUT2D eigenvalue weighted by molar-refractivity contribution is 5.93. The summed E-state index contributed by atoms with van der Waals surface area (Å²) in [5.41, 5.74) is 3.85. The van der Waals surface area contributed by atoms with Crippen molar-refractivity contribution in [3.63, 3.8) is 0 Å². The number of aryl methyl sites for hydroxylation is 2. The van der Waals surface area contributed by atoms with Gasteiger partial charge in [0.15, 0.2) is 5.78 Å². The molecule has 3 heteroatoms. The van der Waals surface area contributed by atoms with Crippen molar-refractivity contribution in [2.45, 2.75) is 27.3 Å². The molecule has 0 aliphatic heterocycles. The van der Waals surface area contributed by atoms with E-state index in [9.17, 15) is 4.79 Å². The molecule has 0 spiro atoms. The third-order valence-electron chi connectivity index (χ3n) is 2.79. The molecule has 1 aromatic carbocycles. The minimum atomic E-state index is 0.00515. The topological polar surface area (TPSA) is 34.9 Å². The first-order valence-electron chi connectivity index (χ1n) is 5.77. The molecule has 1 aromatic heterocycles. The van der Waals surface area contributed by atoms with E-state index in [2.05, 4.69) is 36.3 Å². The van der Waals surface area contributed by atoms with E-state index < -0.39 is 0 Å². The maximum atomic E-state index is 11.3. The van der Waals surface area contributed by atoms with E-state index in [1.165, 1.54) is 5.56 Å². The van der Waals surface area contributed by atoms with Gasteiger partial charge >= 0.3 is 0 Å². The molecule has 0 aliphatic rings. The minimum absolute atomic E-state index is 0.00515. The third kappa shape index (κ3) is 2.28. The molecule has 3 nitrogen and oxygen atoms in total. The van der Waals surface area contributed by atoms with Crippen molar-refractivity contribution >= 4 is 5.78 Å². The minimum Gasteiger partial charge on any atom is -0.293 e. The average molecular weight is 228 g/mol. The first-order valence-corrected chi connectivity index (χ1v) is 5.77. The van der Waals surface area contributed by atoms with Crippen molar-refractivity contribution in [1.29, 1.82) is 0 Å². The van der Waals surface area contributed by atoms with Gasteiger partial charge in [0.1, 0.15) is 5.69 Å². The van der Waals surface area contributed by atoms with Crippen molar-refractivity contribution in [2.75, 3.05) is 0 Å². The predicted molar refractivity (Wildman–Crippen MR) is 68.1 cm³/mol. The molecule has 88 valence electrons. The fourth-order valence-corrected chi connectivity index (χ4v) is 1.79. The Morgan fingerprint density at radius 2 is 1.94 bits per heavy atom. The highest BCUT2D eigenvalue weighted by Gasteiger charge is 2.11. The molecule has 17 heavy (non-hydrogen) atoms. The average Bonchev–Trinajstić information content (AvgIpc) is 2.74. The van der Waals surface area contributed by atoms with Gasteiger partial charge in [0, 0.05) is 13.5 Å². The van der Waals surface area contributed by atoms with Crippen molar-refractivity contribution < 1.29 is 4.79 Å². The Hall–Kier alpha value is -1.90. The van der Waals surface area contributed by atoms with E-state index in [1.807, 2.05) is 17.7 Å². The van der Waals surface area contributed by atoms with Crippen LogP contribution in [0.1, 0.15) is 29.9 Å². The van der Waals surface area contributed by atoms with E-state index >= 15 is 0 Å². The van der Waals surface area contributed by atoms with Crippen LogP contribution in [0.2, 0.25) is 0 Å². The first kappa shape index (κ1) is 11.6. The quantitative estimate of drug-likeness (QED) is 0.757. The molecule has 0 unspecified atom stereocenters. The Kier molecular flexibility index (Phi) is 3.09. The number of hydrogen-bond donors (Lipinski definition) is 0. The Balaban J connectivity index is 2.50. The largest absolute Gasteiger partial charge is 0.293 e. The Bertz CT molecular complexity index is 538. The molecule has 0 bridgehead atoms. The molecule has 0 atom stereocenters. The summed E-state index contributed by atoms with van der Waals surface area (Å²) in [6, 6.07) is 10.1. The summed E-state index contributed by atoms with van der Waals surface area (Å²) in [5, 5.41) is 4.29. The van der Waals surface area contributed by atoms with E-state index in [4.69, 9.17) is 0 Å². The zero-order valence-corrected chi connectivity index (χ0v) is 10.4. The first-order chi connectivity index (χ1) is 8.11. The van der Waals surface area contributed by atoms with Gasteiger partial charge in [-0.15, -0.1) is 0 Å². The van der Waals surface area contributed by atoms with Crippen molar-refractivity contribution in [3.05, 3.63) is 41.6 Å². The fraction of sp³-hybridized carbons (Fsp3) is 0.286. The second kappa shape index (κ2) is 4.53. The summed E-state index contributed by atoms with van der Waals surface area (Å²) < 4.78 is 1.86. The van der Waals surface area contributed by atoms with Gasteiger partial charge in [0.2, 0.25) is 0 Å². The van der Waals surface area contributed by atoms with Gasteiger partial charge in [-0.25, -0.2) is 0 Å². The molecule has 2 rings (SSSR count). The lowest BCUT2D eigenvalue weighted by Crippen LogP contribution is -2.01. The summed E-state index contributed by atoms with van der Waals surface area (Å²) in [5.74, 6) is 0.00515. The summed E-state index contributed by atoms with van der Waals surface area (Å²) >= 11 is 0. The lowest BCUT2D eigenvalue weighted by Gasteiger charge is -2.04. The number of hydrogen-bond acceptors (Lipinski definition) is 2. The smallest absolute Gasteiger partial charge is 0.180 e. The van der Waals surface area contributed by atoms with E-state index in [0.717, 1.165) is 17.8 Å². The second-order valence-electron chi connectivity index (χ2n) is 4.15. The van der Waals surface area contributed by atoms with Crippen LogP contribution in [0.5, 0.6) is 0 Å². The zero-order chi connectivity index (χ0) is 12.4. The number of Topliss-reactive ketones (excluding diaryl/α,β-unsaturated/α-hetero) is 1. The molecule has 1 heterocycles. The molecular weight excluding hydrogens is 212 g/mol. The predicted octanol–water partition coefficient (Wildman–Crippen LogP) is 3.08. The van der Waals surface area contributed by atoms with Crippen molar-refractivity contribution in [3.8, 4) is 11.3 Å². The maximum absolute atomic E-state index is 11.3. The van der Waals surface area contributed by atoms with Crippen LogP contribution < -0.4 is 0 Å². The van der Waals surface area contributed by atoms with Gasteiger partial charge in [0.05, 0.1) is 5.69 Å². The van der Waals surface area contributed by atoms with E-state index in [-0.39, 0.29) is 5.78 Å². The molecular formula is C14H16N2O. The van der Waals surface area contributed by atoms with E-state index in [1.54, 1.807) is 6.92 Å². The van der Waals surface area contributed by atoms with Crippen LogP contribution in [0.25, 0.3) is 11.3 Å². The van der Waals surface area contributed by atoms with Gasteiger partial charge in [0.25, 0.3) is 0 Å². The molecule has 0 amide bonds. The molecule has 0 saturated carbocycles. The lowest BCUT2D eigenvalue weighted by molar-refractivity contribution is 0.101. The van der Waals surface area contributed by atoms with Crippen LogP contribution in [0.3, 0.4) is 0 Å². The molecule has 0 N–H and O–H groups in total. The summed E-state index contributed by atoms with van der Waals surface area (Å²) in [4.78, 5) is 11.3. The van der Waals surface area contributed by atoms with Gasteiger partial charge < -0.3 is 0 Å². The molecule has 0 saturated heterocycles. The van der Waals surface area contributed by atoms with Crippen molar-refractivity contribution in [2.24, 2.45) is 0 Å². The van der Waals surface area contributed by atoms with Crippen LogP contribution in [0, 0.1) is 6.92 Å². The van der Waals surface area contributed by atoms with E-state index in [0.29, 0.717) is 5.69 Å². The molecule has 0 radical (unpaired) electrons. The maximum Gasteiger partial charge on any atom is 0.180 e. The third-order valence-corrected chi connectivity index (χ3v) is 2.79. The van der Waals surface area contributed by atoms with Crippen molar-refractivity contribution in [1.82, 2.24) is 9.78 Å². The summed E-state index contributed by atoms with van der Waals surface area (Å²) in [7, 11) is 0. The zero-order valence-electron chi connectivity index (χ0n) is 10.4. The second-order valence-corrected chi connectivity index (χ2v) is 4.15. The van der Waals surface area contributed by atoms with Gasteiger partial charge in [-0.3, -0.25) is 9.48 Å². The Morgan fingerprint density at radius 1 is 1.29 bits per heavy atom. The highest BCUT2D eigenvalue weighted by Crippen LogP contribution is 2.21. The van der Waals surface area contributed by atoms with Gasteiger partial charge in [-0.1, -0.05) is 29.8 Å². The Labute approximate surface area is 101 Å². The number of rotatable bonds is 3. The number of nitrogens with zero attached hydrogens (tertiary/aromatic N) is 2. The molecule has 0 aliphatic carbocycles. The number of ketones is 1. The highest BCUT2D eigenvalue weighted by atomic mass is 16.1. The molecule has 0 fully saturated rings. The van der Waals surface area contributed by atoms with Crippen LogP contribution in [0.4, 0.5) is 0 Å². The Morgan fingerprint density at radius 3 is 2.47 bits per heavy atom. The summed E-state index contributed by atoms with van der Waals surface area (Å²) in [6.45, 7) is 6.38. The molecule has 2 aromatic rings. The normalized spacial score (nSPS) is 10.5. The monoisotopic (exact) mass is 228 g/mol. The van der Waals surface area contributed by atoms with Gasteiger partial charge in [-0.2, -0.15) is 5.10 Å². The van der Waals surface area contributed by atoms with Gasteiger partial charge in [-0.05, 0) is 25.5 Å². The lowest BCUT2D eigenvalue weighted by atomic mass is 10.1. The fourth-order valence-electron chi connectivity index (χ4n) is 1.79. The number of benzene rings is 1. The van der Waals surface area contributed by atoms with Crippen LogP contribution >= 0.6 is 0 Å². The SMILES string of the molecule is CCn1nc(C(C)=O)cc1-c1ccc(C)cc1. The van der Waals surface area contributed by atoms with Crippen LogP contribution in [-0.2, 0) is 6.54 Å². The van der Waals surface area contributed by atoms with Crippen LogP contribution in [0.15, 0.2) is 30.3 Å². The van der Waals surface area contributed by atoms with Crippen LogP contribution in [-0.4, -0.2) is 15.6 Å². The number of carbonyl (C=O) groups excluding carboxylic acids is 1. The number of aromatic nitrogens is 2. The summed E-state index contributed by atoms with van der Waals surface area (Å²) in [6.07, 6.45) is 0.